The fourth-order valence-corrected chi connectivity index (χ4v) is 8.62. The highest BCUT2D eigenvalue weighted by Gasteiger charge is 2.38. The van der Waals surface area contributed by atoms with E-state index in [9.17, 15) is 8.42 Å². The topological polar surface area (TPSA) is 135 Å². The Morgan fingerprint density at radius 2 is 1.85 bits per heavy atom. The van der Waals surface area contributed by atoms with Crippen LogP contribution in [0.15, 0.2) is 47.6 Å². The Morgan fingerprint density at radius 3 is 2.55 bits per heavy atom. The molecule has 0 amide bonds. The minimum absolute atomic E-state index is 0.411. The van der Waals surface area contributed by atoms with Crippen LogP contribution in [0.4, 0.5) is 22.9 Å². The number of likely N-dealkylation sites (N-methyl/N-ethyl adjacent to an activating group) is 1. The van der Waals surface area contributed by atoms with Crippen molar-refractivity contribution in [1.29, 1.82) is 0 Å². The number of ether oxygens (including phenoxy) is 1. The van der Waals surface area contributed by atoms with Gasteiger partial charge in [-0.3, -0.25) is 14.9 Å². The van der Waals surface area contributed by atoms with Crippen LogP contribution >= 0.6 is 0 Å². The summed E-state index contributed by atoms with van der Waals surface area (Å²) in [5, 5.41) is 6.89. The number of benzene rings is 2. The number of piperazine rings is 1. The molecule has 4 aliphatic rings. The predicted molar refractivity (Wildman–Crippen MR) is 189 cm³/mol. The number of H-pyrrole nitrogens is 1. The molecule has 0 radical (unpaired) electrons. The van der Waals surface area contributed by atoms with Crippen LogP contribution in [0.25, 0.3) is 0 Å². The molecular weight excluding hydrogens is 615 g/mol. The van der Waals surface area contributed by atoms with Crippen molar-refractivity contribution in [3.63, 3.8) is 0 Å². The van der Waals surface area contributed by atoms with Crippen molar-refractivity contribution in [3.05, 3.63) is 64.8 Å². The summed E-state index contributed by atoms with van der Waals surface area (Å²) in [4.78, 5) is 15.9. The van der Waals surface area contributed by atoms with Crippen LogP contribution in [-0.4, -0.2) is 101 Å². The first kappa shape index (κ1) is 31.8. The van der Waals surface area contributed by atoms with E-state index >= 15 is 0 Å². The molecule has 4 aliphatic heterocycles. The van der Waals surface area contributed by atoms with Gasteiger partial charge >= 0.3 is 0 Å². The minimum atomic E-state index is -3.45. The van der Waals surface area contributed by atoms with E-state index in [1.165, 1.54) is 21.8 Å². The van der Waals surface area contributed by atoms with Gasteiger partial charge in [-0.05, 0) is 62.1 Å². The van der Waals surface area contributed by atoms with Crippen LogP contribution in [0, 0.1) is 0 Å². The van der Waals surface area contributed by atoms with Gasteiger partial charge in [-0.2, -0.15) is 0 Å². The lowest BCUT2D eigenvalue weighted by Crippen LogP contribution is -2.52. The molecule has 7 rings (SSSR count). The first-order valence-electron chi connectivity index (χ1n) is 16.7. The Morgan fingerprint density at radius 1 is 1.09 bits per heavy atom. The third-order valence-electron chi connectivity index (χ3n) is 10.3. The molecule has 0 aliphatic carbocycles. The smallest absolute Gasteiger partial charge is 0.232 e. The highest BCUT2D eigenvalue weighted by atomic mass is 32.2. The number of aliphatic imine (C=N–C) groups is 1. The van der Waals surface area contributed by atoms with Gasteiger partial charge in [0, 0.05) is 69.8 Å². The molecule has 12 nitrogen and oxygen atoms in total. The predicted octanol–water partition coefficient (Wildman–Crippen LogP) is 3.18. The van der Waals surface area contributed by atoms with Crippen molar-refractivity contribution in [2.75, 3.05) is 86.1 Å². The zero-order chi connectivity index (χ0) is 32.9. The second-order valence-electron chi connectivity index (χ2n) is 13.2. The molecule has 3 aromatic rings. The maximum absolute atomic E-state index is 12.7. The lowest BCUT2D eigenvalue weighted by Gasteiger charge is -2.43. The lowest BCUT2D eigenvalue weighted by atomic mass is 9.96. The number of aromatic nitrogens is 1. The number of aromatic amines is 1. The molecule has 1 atom stereocenters. The first-order valence-corrected chi connectivity index (χ1v) is 18.5. The minimum Gasteiger partial charge on any atom is -0.496 e. The third-order valence-corrected chi connectivity index (χ3v) is 11.4. The van der Waals surface area contributed by atoms with E-state index in [0.29, 0.717) is 47.8 Å². The number of anilines is 4. The van der Waals surface area contributed by atoms with Gasteiger partial charge in [0.2, 0.25) is 15.8 Å². The zero-order valence-electron chi connectivity index (χ0n) is 27.8. The summed E-state index contributed by atoms with van der Waals surface area (Å²) >= 11 is 0. The number of nitrogens with zero attached hydrogens (tertiary/aromatic N) is 5. The zero-order valence-corrected chi connectivity index (χ0v) is 28.7. The van der Waals surface area contributed by atoms with E-state index in [0.717, 1.165) is 75.2 Å². The number of piperidine rings is 1. The molecule has 47 heavy (non-hydrogen) atoms. The fraction of sp³-hybridized carbons (Fsp3) is 0.500. The van der Waals surface area contributed by atoms with E-state index < -0.39 is 15.8 Å². The van der Waals surface area contributed by atoms with Gasteiger partial charge in [-0.1, -0.05) is 19.1 Å². The van der Waals surface area contributed by atoms with Gasteiger partial charge in [0.25, 0.3) is 0 Å². The second-order valence-corrected chi connectivity index (χ2v) is 15.1. The molecule has 252 valence electrons. The normalized spacial score (nSPS) is 22.4. The quantitative estimate of drug-likeness (QED) is 0.301. The molecule has 2 aromatic carbocycles. The van der Waals surface area contributed by atoms with Gasteiger partial charge in [0.1, 0.15) is 17.4 Å². The Labute approximate surface area is 278 Å². The molecule has 1 aromatic heterocycles. The molecule has 1 unspecified atom stereocenters. The van der Waals surface area contributed by atoms with Crippen LogP contribution in [-0.2, 0) is 28.7 Å². The Hall–Kier alpha value is -3.78. The van der Waals surface area contributed by atoms with Gasteiger partial charge in [0.15, 0.2) is 0 Å². The summed E-state index contributed by atoms with van der Waals surface area (Å²) in [6.07, 6.45) is 6.86. The number of aryl methyl sites for hydroxylation is 1. The SMILES string of the molecule is CCc1cc(C2(N)N=C(Nc3cccc4c3N(S(C)(=O)=O)CC4)c3cc[nH]c3N2)c(OC)cc1N1CCC(N2CCN(C)CC2)CC1. The Kier molecular flexibility index (Phi) is 8.35. The van der Waals surface area contributed by atoms with E-state index in [-0.39, 0.29) is 0 Å². The number of nitrogens with two attached hydrogens (primary N) is 1. The highest BCUT2D eigenvalue weighted by Crippen LogP contribution is 2.42. The standard InChI is InChI=1S/C34H47N9O3S/c1-5-23-21-27(30(46-3)22-29(23)42-14-11-25(12-15-42)41-19-17-40(2)18-20-41)34(35)38-32-26(9-13-36-32)33(39-34)37-28-8-6-7-24-10-16-43(31(24)28)47(4,44)45/h6-9,13,21-22,25,36,38H,5,10-12,14-20,35H2,1-4H3,(H,37,39). The van der Waals surface area contributed by atoms with Crippen molar-refractivity contribution < 1.29 is 13.2 Å². The Balaban J connectivity index is 1.20. The third kappa shape index (κ3) is 5.94. The average Bonchev–Trinajstić information content (AvgIpc) is 3.73. The summed E-state index contributed by atoms with van der Waals surface area (Å²) < 4.78 is 32.8. The maximum atomic E-state index is 12.7. The van der Waals surface area contributed by atoms with Crippen molar-refractivity contribution in [1.82, 2.24) is 14.8 Å². The summed E-state index contributed by atoms with van der Waals surface area (Å²) in [6, 6.07) is 12.6. The molecule has 0 bridgehead atoms. The van der Waals surface area contributed by atoms with Crippen LogP contribution in [0.3, 0.4) is 0 Å². The molecule has 5 heterocycles. The first-order chi connectivity index (χ1) is 22.6. The summed E-state index contributed by atoms with van der Waals surface area (Å²) in [7, 11) is 0.435. The molecule has 13 heteroatoms. The van der Waals surface area contributed by atoms with Crippen molar-refractivity contribution in [2.45, 2.75) is 44.4 Å². The molecular formula is C34H47N9O3S. The lowest BCUT2D eigenvalue weighted by molar-refractivity contribution is 0.0982. The Bertz CT molecular complexity index is 1770. The molecule has 2 fully saturated rings. The second kappa shape index (κ2) is 12.3. The molecule has 2 saturated heterocycles. The highest BCUT2D eigenvalue weighted by molar-refractivity contribution is 7.92. The number of fused-ring (bicyclic) bond motifs is 2. The van der Waals surface area contributed by atoms with E-state index in [4.69, 9.17) is 15.5 Å². The van der Waals surface area contributed by atoms with Gasteiger partial charge in [-0.15, -0.1) is 0 Å². The van der Waals surface area contributed by atoms with Crippen LogP contribution < -0.4 is 30.3 Å². The molecule has 0 saturated carbocycles. The van der Waals surface area contributed by atoms with Crippen LogP contribution in [0.1, 0.15) is 42.0 Å². The van der Waals surface area contributed by atoms with E-state index in [2.05, 4.69) is 56.4 Å². The number of hydrogen-bond acceptors (Lipinski definition) is 10. The van der Waals surface area contributed by atoms with Crippen LogP contribution in [0.5, 0.6) is 5.75 Å². The maximum Gasteiger partial charge on any atom is 0.232 e. The van der Waals surface area contributed by atoms with Crippen molar-refractivity contribution in [2.24, 2.45) is 10.7 Å². The van der Waals surface area contributed by atoms with E-state index in [1.54, 1.807) is 7.11 Å². The fourth-order valence-electron chi connectivity index (χ4n) is 7.65. The summed E-state index contributed by atoms with van der Waals surface area (Å²) in [5.74, 6) is 0.547. The van der Waals surface area contributed by atoms with Crippen molar-refractivity contribution in [3.8, 4) is 5.75 Å². The molecule has 5 N–H and O–H groups in total. The number of nitrogens with one attached hydrogen (secondary N) is 3. The number of methoxy groups -OCH3 is 1. The van der Waals surface area contributed by atoms with Gasteiger partial charge in [0.05, 0.1) is 35.9 Å². The number of rotatable bonds is 7. The monoisotopic (exact) mass is 661 g/mol. The average molecular weight is 662 g/mol. The number of sulfonamides is 1. The van der Waals surface area contributed by atoms with Crippen LogP contribution in [0.2, 0.25) is 0 Å². The number of hydrogen-bond donors (Lipinski definition) is 4. The number of amidine groups is 1. The van der Waals surface area contributed by atoms with Gasteiger partial charge in [-0.25, -0.2) is 13.4 Å². The van der Waals surface area contributed by atoms with Gasteiger partial charge < -0.3 is 30.2 Å². The van der Waals surface area contributed by atoms with E-state index in [1.807, 2.05) is 30.5 Å². The summed E-state index contributed by atoms with van der Waals surface area (Å²) in [6.45, 7) is 9.18. The molecule has 0 spiro atoms. The largest absolute Gasteiger partial charge is 0.496 e. The van der Waals surface area contributed by atoms with Crippen molar-refractivity contribution >= 4 is 38.7 Å². The summed E-state index contributed by atoms with van der Waals surface area (Å²) in [5.41, 5.74) is 13.4. The number of para-hydroxylation sites is 1.